The van der Waals surface area contributed by atoms with Crippen LogP contribution in [0.2, 0.25) is 0 Å². The molecule has 0 aromatic rings. The molecule has 3 aliphatic rings. The van der Waals surface area contributed by atoms with E-state index < -0.39 is 45.8 Å². The predicted molar refractivity (Wildman–Crippen MR) is 84.3 cm³/mol. The molecule has 14 nitrogen and oxygen atoms in total. The number of ether oxygens (including phenoxy) is 1. The lowest BCUT2D eigenvalue weighted by molar-refractivity contribution is -0.253. The van der Waals surface area contributed by atoms with E-state index in [0.29, 0.717) is 0 Å². The largest absolute Gasteiger partial charge is 0.447 e. The van der Waals surface area contributed by atoms with Gasteiger partial charge in [0.15, 0.2) is 23.7 Å². The van der Waals surface area contributed by atoms with Crippen molar-refractivity contribution in [2.45, 2.75) is 29.6 Å². The van der Waals surface area contributed by atoms with Gasteiger partial charge in [0.2, 0.25) is 5.79 Å². The van der Waals surface area contributed by atoms with Gasteiger partial charge in [-0.25, -0.2) is 4.79 Å². The molecule has 0 radical (unpaired) electrons. The van der Waals surface area contributed by atoms with Gasteiger partial charge in [-0.3, -0.25) is 15.0 Å². The summed E-state index contributed by atoms with van der Waals surface area (Å²) in [5.74, 6) is -3.43. The van der Waals surface area contributed by atoms with Crippen molar-refractivity contribution in [2.75, 3.05) is 19.4 Å². The van der Waals surface area contributed by atoms with E-state index in [1.807, 2.05) is 0 Å². The summed E-state index contributed by atoms with van der Waals surface area (Å²) in [6.07, 6.45) is -1.96. The SMILES string of the molecule is CS(=O)(=O)O[C@H]1CN2C(=N)N[C@@H](COC(N)=O)C3NC(=N)N[C@@]32C1(O)O. The summed E-state index contributed by atoms with van der Waals surface area (Å²) in [6.45, 7) is -0.707. The normalized spacial score (nSPS) is 35.0. The molecular formula is C11H19N7O7S. The number of nitrogens with one attached hydrogen (secondary N) is 5. The molecule has 1 amide bonds. The van der Waals surface area contributed by atoms with Crippen molar-refractivity contribution < 1.29 is 32.3 Å². The molecule has 1 unspecified atom stereocenters. The smallest absolute Gasteiger partial charge is 0.404 e. The Morgan fingerprint density at radius 2 is 2.08 bits per heavy atom. The van der Waals surface area contributed by atoms with Crippen molar-refractivity contribution in [3.63, 3.8) is 0 Å². The summed E-state index contributed by atoms with van der Waals surface area (Å²) < 4.78 is 32.5. The van der Waals surface area contributed by atoms with Crippen LogP contribution in [0.25, 0.3) is 0 Å². The zero-order valence-electron chi connectivity index (χ0n) is 13.5. The number of amides is 1. The van der Waals surface area contributed by atoms with E-state index in [4.69, 9.17) is 25.5 Å². The minimum Gasteiger partial charge on any atom is -0.447 e. The van der Waals surface area contributed by atoms with Crippen molar-refractivity contribution in [1.82, 2.24) is 20.9 Å². The molecule has 26 heavy (non-hydrogen) atoms. The van der Waals surface area contributed by atoms with Crippen molar-refractivity contribution in [2.24, 2.45) is 5.73 Å². The van der Waals surface area contributed by atoms with Gasteiger partial charge in [0.25, 0.3) is 10.1 Å². The van der Waals surface area contributed by atoms with Crippen molar-refractivity contribution in [3.8, 4) is 0 Å². The lowest BCUT2D eigenvalue weighted by atomic mass is 9.85. The number of aliphatic hydroxyl groups is 2. The first-order valence-corrected chi connectivity index (χ1v) is 9.21. The fraction of sp³-hybridized carbons (Fsp3) is 0.727. The lowest BCUT2D eigenvalue weighted by Gasteiger charge is -2.50. The third-order valence-corrected chi connectivity index (χ3v) is 5.12. The van der Waals surface area contributed by atoms with Crippen LogP contribution in [0.1, 0.15) is 0 Å². The molecule has 0 aromatic heterocycles. The molecule has 0 bridgehead atoms. The molecule has 15 heteroatoms. The minimum absolute atomic E-state index is 0.298. The number of carbonyl (C=O) groups is 1. The number of nitrogens with zero attached hydrogens (tertiary/aromatic N) is 1. The highest BCUT2D eigenvalue weighted by atomic mass is 32.2. The maximum absolute atomic E-state index is 11.5. The number of hydrogen-bond acceptors (Lipinski definition) is 9. The van der Waals surface area contributed by atoms with E-state index in [2.05, 4.69) is 16.0 Å². The second kappa shape index (κ2) is 5.57. The van der Waals surface area contributed by atoms with Gasteiger partial charge < -0.3 is 41.5 Å². The standard InChI is InChI=1S/C11H19N7O7S/c1-26(22,23)25-5-2-18-8(13)15-4(3-24-9(14)19)6-10(18,11(5,20)21)17-7(12)16-6/h4-6,20-21H,2-3H2,1H3,(H2,13,15)(H2,14,19)(H3,12,16,17)/t4-,5-,6?,10-/m0/s1. The Bertz CT molecular complexity index is 771. The van der Waals surface area contributed by atoms with Gasteiger partial charge in [0, 0.05) is 0 Å². The molecule has 3 rings (SSSR count). The molecule has 9 N–H and O–H groups in total. The zero-order valence-corrected chi connectivity index (χ0v) is 14.3. The molecule has 146 valence electrons. The van der Waals surface area contributed by atoms with E-state index in [1.165, 1.54) is 0 Å². The van der Waals surface area contributed by atoms with Crippen LogP contribution in [0.15, 0.2) is 0 Å². The third kappa shape index (κ3) is 2.59. The molecular weight excluding hydrogens is 374 g/mol. The lowest BCUT2D eigenvalue weighted by Crippen LogP contribution is -2.81. The number of carbonyl (C=O) groups excluding carboxylic acids is 1. The fourth-order valence-electron chi connectivity index (χ4n) is 3.62. The molecule has 3 fully saturated rings. The van der Waals surface area contributed by atoms with Crippen LogP contribution >= 0.6 is 0 Å². The molecule has 1 spiro atoms. The van der Waals surface area contributed by atoms with E-state index in [9.17, 15) is 23.4 Å². The van der Waals surface area contributed by atoms with Gasteiger partial charge in [0.1, 0.15) is 6.61 Å². The summed E-state index contributed by atoms with van der Waals surface area (Å²) in [7, 11) is -4.04. The molecule has 4 atom stereocenters. The summed E-state index contributed by atoms with van der Waals surface area (Å²) >= 11 is 0. The monoisotopic (exact) mass is 393 g/mol. The number of hydrogen-bond donors (Lipinski definition) is 8. The quantitative estimate of drug-likeness (QED) is 0.168. The van der Waals surface area contributed by atoms with Gasteiger partial charge in [-0.1, -0.05) is 0 Å². The maximum atomic E-state index is 11.5. The minimum atomic E-state index is -4.04. The summed E-state index contributed by atoms with van der Waals surface area (Å²) in [5, 5.41) is 45.4. The van der Waals surface area contributed by atoms with Gasteiger partial charge in [-0.05, 0) is 0 Å². The topological polar surface area (TPSA) is 223 Å². The first kappa shape index (κ1) is 18.4. The zero-order chi connectivity index (χ0) is 19.5. The molecule has 3 saturated heterocycles. The van der Waals surface area contributed by atoms with Gasteiger partial charge in [-0.15, -0.1) is 0 Å². The predicted octanol–water partition coefficient (Wildman–Crippen LogP) is -4.48. The highest BCUT2D eigenvalue weighted by Crippen LogP contribution is 2.44. The van der Waals surface area contributed by atoms with Crippen molar-refractivity contribution in [3.05, 3.63) is 0 Å². The highest BCUT2D eigenvalue weighted by Gasteiger charge is 2.75. The Kier molecular flexibility index (Phi) is 3.95. The Morgan fingerprint density at radius 3 is 2.65 bits per heavy atom. The first-order valence-electron chi connectivity index (χ1n) is 7.39. The van der Waals surface area contributed by atoms with Crippen LogP contribution in [0, 0.1) is 10.8 Å². The second-order valence-corrected chi connectivity index (χ2v) is 7.84. The third-order valence-electron chi connectivity index (χ3n) is 4.54. The van der Waals surface area contributed by atoms with Crippen molar-refractivity contribution in [1.29, 1.82) is 10.8 Å². The highest BCUT2D eigenvalue weighted by molar-refractivity contribution is 7.86. The van der Waals surface area contributed by atoms with Gasteiger partial charge in [0.05, 0.1) is 24.9 Å². The molecule has 0 aliphatic carbocycles. The van der Waals surface area contributed by atoms with Gasteiger partial charge >= 0.3 is 6.09 Å². The average molecular weight is 393 g/mol. The Labute approximate surface area is 147 Å². The van der Waals surface area contributed by atoms with Crippen LogP contribution in [0.3, 0.4) is 0 Å². The molecule has 0 saturated carbocycles. The van der Waals surface area contributed by atoms with Crippen LogP contribution < -0.4 is 21.7 Å². The van der Waals surface area contributed by atoms with Crippen LogP contribution in [-0.2, 0) is 19.0 Å². The Balaban J connectivity index is 2.02. The van der Waals surface area contributed by atoms with Crippen molar-refractivity contribution >= 4 is 28.1 Å². The number of nitrogens with two attached hydrogens (primary N) is 1. The number of rotatable bonds is 4. The number of guanidine groups is 2. The van der Waals surface area contributed by atoms with E-state index in [1.54, 1.807) is 0 Å². The van der Waals surface area contributed by atoms with Crippen LogP contribution in [-0.4, -0.2) is 90.6 Å². The summed E-state index contributed by atoms with van der Waals surface area (Å²) in [6, 6.07) is -1.89. The molecule has 0 aromatic carbocycles. The first-order chi connectivity index (χ1) is 11.9. The average Bonchev–Trinajstić information content (AvgIpc) is 2.93. The second-order valence-electron chi connectivity index (χ2n) is 6.24. The molecule has 3 heterocycles. The van der Waals surface area contributed by atoms with Gasteiger partial charge in [-0.2, -0.15) is 8.42 Å². The number of primary amides is 1. The van der Waals surface area contributed by atoms with E-state index in [0.717, 1.165) is 11.2 Å². The Hall–Kier alpha value is -2.36. The van der Waals surface area contributed by atoms with E-state index in [-0.39, 0.29) is 25.1 Å². The molecule has 3 aliphatic heterocycles. The Morgan fingerprint density at radius 1 is 1.42 bits per heavy atom. The summed E-state index contributed by atoms with van der Waals surface area (Å²) in [5.41, 5.74) is 3.03. The maximum Gasteiger partial charge on any atom is 0.404 e. The van der Waals surface area contributed by atoms with Crippen LogP contribution in [0.5, 0.6) is 0 Å². The van der Waals surface area contributed by atoms with Crippen LogP contribution in [0.4, 0.5) is 4.79 Å². The fourth-order valence-corrected chi connectivity index (χ4v) is 4.23. The summed E-state index contributed by atoms with van der Waals surface area (Å²) in [4.78, 5) is 12.0. The van der Waals surface area contributed by atoms with E-state index >= 15 is 0 Å².